The number of methoxy groups -OCH3 is 1. The largest absolute Gasteiger partial charge is 0.504 e. The fraction of sp³-hybridized carbons (Fsp3) is 0.519. The third-order valence-electron chi connectivity index (χ3n) is 5.20. The van der Waals surface area contributed by atoms with Crippen LogP contribution >= 0.6 is 0 Å². The van der Waals surface area contributed by atoms with Crippen LogP contribution in [0.1, 0.15) is 53.0 Å². The van der Waals surface area contributed by atoms with Crippen molar-refractivity contribution in [3.8, 4) is 11.5 Å². The van der Waals surface area contributed by atoms with Gasteiger partial charge in [-0.2, -0.15) is 0 Å². The van der Waals surface area contributed by atoms with Gasteiger partial charge >= 0.3 is 5.97 Å². The smallest absolute Gasteiger partial charge is 0.329 e. The first-order valence-corrected chi connectivity index (χ1v) is 12.6. The SMILES string of the molecule is CONC(=O)CC[C@@H](NC(=O)[C@@H](NC(=O)CNC(=O)/C=C/c1ccc(O)c(OC)c1)C(C)C)C(=O)OC(C)(C)C. The summed E-state index contributed by atoms with van der Waals surface area (Å²) >= 11 is 0. The molecule has 0 aliphatic carbocycles. The summed E-state index contributed by atoms with van der Waals surface area (Å²) in [7, 11) is 2.67. The van der Waals surface area contributed by atoms with Gasteiger partial charge in [0.15, 0.2) is 11.5 Å². The van der Waals surface area contributed by atoms with Crippen molar-refractivity contribution in [3.63, 3.8) is 0 Å². The standard InChI is InChI=1S/C27H40N4O9/c1-16(2)24(25(36)29-18(10-13-22(34)31-39-7)26(37)40-27(3,4)5)30-23(35)15-28-21(33)12-9-17-8-11-19(32)20(14-17)38-6/h8-9,11-12,14,16,18,24,32H,10,13,15H2,1-7H3,(H,28,33)(H,29,36)(H,30,35)(H,31,34)/b12-9+/t18-,24+/m1/s1. The summed E-state index contributed by atoms with van der Waals surface area (Å²) in [6.45, 7) is 8.00. The molecular formula is C27H40N4O9. The third kappa shape index (κ3) is 12.6. The van der Waals surface area contributed by atoms with Gasteiger partial charge in [-0.1, -0.05) is 19.9 Å². The van der Waals surface area contributed by atoms with Crippen LogP contribution in [0.3, 0.4) is 0 Å². The van der Waals surface area contributed by atoms with E-state index in [1.54, 1.807) is 40.7 Å². The Hall–Kier alpha value is -4.13. The van der Waals surface area contributed by atoms with Crippen LogP contribution in [0.2, 0.25) is 0 Å². The Kier molecular flexibility index (Phi) is 13.6. The van der Waals surface area contributed by atoms with E-state index in [0.29, 0.717) is 5.56 Å². The monoisotopic (exact) mass is 564 g/mol. The van der Waals surface area contributed by atoms with Gasteiger partial charge in [0.2, 0.25) is 23.6 Å². The molecule has 1 aromatic rings. The molecule has 2 atom stereocenters. The molecule has 0 unspecified atom stereocenters. The van der Waals surface area contributed by atoms with Crippen molar-refractivity contribution in [2.24, 2.45) is 5.92 Å². The van der Waals surface area contributed by atoms with E-state index < -0.39 is 53.8 Å². The van der Waals surface area contributed by atoms with Gasteiger partial charge in [0, 0.05) is 12.5 Å². The summed E-state index contributed by atoms with van der Waals surface area (Å²) in [5.41, 5.74) is 1.90. The van der Waals surface area contributed by atoms with Gasteiger partial charge in [0.25, 0.3) is 0 Å². The number of phenolic OH excluding ortho intramolecular Hbond substituents is 1. The van der Waals surface area contributed by atoms with Crippen LogP contribution in [0.4, 0.5) is 0 Å². The van der Waals surface area contributed by atoms with E-state index in [1.165, 1.54) is 38.5 Å². The van der Waals surface area contributed by atoms with Crippen molar-refractivity contribution in [1.29, 1.82) is 0 Å². The molecule has 0 fully saturated rings. The number of benzene rings is 1. The minimum atomic E-state index is -1.16. The molecule has 0 bridgehead atoms. The van der Waals surface area contributed by atoms with Crippen LogP contribution in [0, 0.1) is 5.92 Å². The van der Waals surface area contributed by atoms with E-state index in [1.807, 2.05) is 0 Å². The quantitative estimate of drug-likeness (QED) is 0.125. The summed E-state index contributed by atoms with van der Waals surface area (Å²) in [5, 5.41) is 17.2. The second-order valence-corrected chi connectivity index (χ2v) is 10.1. The van der Waals surface area contributed by atoms with E-state index >= 15 is 0 Å². The highest BCUT2D eigenvalue weighted by Gasteiger charge is 2.31. The first kappa shape index (κ1) is 33.9. The summed E-state index contributed by atoms with van der Waals surface area (Å²) in [5.74, 6) is -3.25. The number of hydrogen-bond donors (Lipinski definition) is 5. The van der Waals surface area contributed by atoms with E-state index in [-0.39, 0.29) is 30.3 Å². The molecule has 4 amide bonds. The molecule has 0 aliphatic rings. The van der Waals surface area contributed by atoms with Crippen molar-refractivity contribution in [2.45, 2.75) is 65.1 Å². The normalized spacial score (nSPS) is 12.8. The first-order chi connectivity index (χ1) is 18.7. The second kappa shape index (κ2) is 16.1. The number of aromatic hydroxyl groups is 1. The Morgan fingerprint density at radius 2 is 1.70 bits per heavy atom. The number of carbonyl (C=O) groups is 5. The van der Waals surface area contributed by atoms with Gasteiger partial charge in [0.05, 0.1) is 20.8 Å². The number of hydroxylamine groups is 1. The van der Waals surface area contributed by atoms with E-state index in [4.69, 9.17) is 9.47 Å². The number of amides is 4. The molecule has 0 spiro atoms. The molecule has 222 valence electrons. The average Bonchev–Trinajstić information content (AvgIpc) is 2.86. The van der Waals surface area contributed by atoms with Gasteiger partial charge in [-0.25, -0.2) is 10.3 Å². The number of nitrogens with one attached hydrogen (secondary N) is 4. The zero-order valence-corrected chi connectivity index (χ0v) is 24.0. The lowest BCUT2D eigenvalue weighted by Gasteiger charge is -2.27. The molecule has 1 aromatic carbocycles. The Morgan fingerprint density at radius 3 is 2.27 bits per heavy atom. The van der Waals surface area contributed by atoms with Gasteiger partial charge in [0.1, 0.15) is 17.7 Å². The molecule has 40 heavy (non-hydrogen) atoms. The molecule has 0 heterocycles. The van der Waals surface area contributed by atoms with Crippen LogP contribution in [0.15, 0.2) is 24.3 Å². The van der Waals surface area contributed by atoms with Gasteiger partial charge in [-0.15, -0.1) is 0 Å². The highest BCUT2D eigenvalue weighted by Crippen LogP contribution is 2.26. The molecule has 0 saturated heterocycles. The number of rotatable bonds is 14. The average molecular weight is 565 g/mol. The molecule has 0 aromatic heterocycles. The van der Waals surface area contributed by atoms with Gasteiger partial charge in [-0.05, 0) is 56.9 Å². The summed E-state index contributed by atoms with van der Waals surface area (Å²) in [4.78, 5) is 66.8. The topological polar surface area (TPSA) is 181 Å². The summed E-state index contributed by atoms with van der Waals surface area (Å²) in [6.07, 6.45) is 2.48. The minimum Gasteiger partial charge on any atom is -0.504 e. The Bertz CT molecular complexity index is 1080. The lowest BCUT2D eigenvalue weighted by Crippen LogP contribution is -2.55. The van der Waals surface area contributed by atoms with Crippen LogP contribution in [-0.2, 0) is 33.5 Å². The van der Waals surface area contributed by atoms with Crippen LogP contribution < -0.4 is 26.2 Å². The maximum atomic E-state index is 13.1. The summed E-state index contributed by atoms with van der Waals surface area (Å²) in [6, 6.07) is 2.34. The number of esters is 1. The highest BCUT2D eigenvalue weighted by atomic mass is 16.6. The zero-order chi connectivity index (χ0) is 30.5. The fourth-order valence-corrected chi connectivity index (χ4v) is 3.28. The van der Waals surface area contributed by atoms with Gasteiger partial charge < -0.3 is 30.5 Å². The van der Waals surface area contributed by atoms with Gasteiger partial charge in [-0.3, -0.25) is 24.0 Å². The number of carbonyl (C=O) groups excluding carboxylic acids is 5. The zero-order valence-electron chi connectivity index (χ0n) is 24.0. The van der Waals surface area contributed by atoms with Crippen molar-refractivity contribution in [2.75, 3.05) is 20.8 Å². The molecule has 1 rings (SSSR count). The number of hydrogen-bond acceptors (Lipinski definition) is 9. The minimum absolute atomic E-state index is 0.0430. The van der Waals surface area contributed by atoms with Crippen LogP contribution in [-0.4, -0.2) is 73.2 Å². The third-order valence-corrected chi connectivity index (χ3v) is 5.20. The Labute approximate surface area is 234 Å². The maximum absolute atomic E-state index is 13.1. The lowest BCUT2D eigenvalue weighted by molar-refractivity contribution is -0.159. The predicted molar refractivity (Wildman–Crippen MR) is 146 cm³/mol. The molecule has 0 saturated carbocycles. The van der Waals surface area contributed by atoms with Crippen molar-refractivity contribution in [3.05, 3.63) is 29.8 Å². The van der Waals surface area contributed by atoms with Crippen molar-refractivity contribution < 1.29 is 43.4 Å². The molecular weight excluding hydrogens is 524 g/mol. The maximum Gasteiger partial charge on any atom is 0.329 e. The first-order valence-electron chi connectivity index (χ1n) is 12.6. The van der Waals surface area contributed by atoms with Crippen molar-refractivity contribution in [1.82, 2.24) is 21.4 Å². The molecule has 13 heteroatoms. The molecule has 0 radical (unpaired) electrons. The molecule has 5 N–H and O–H groups in total. The Balaban J connectivity index is 2.80. The fourth-order valence-electron chi connectivity index (χ4n) is 3.28. The number of phenols is 1. The predicted octanol–water partition coefficient (Wildman–Crippen LogP) is 0.955. The van der Waals surface area contributed by atoms with E-state index in [0.717, 1.165) is 0 Å². The van der Waals surface area contributed by atoms with Crippen LogP contribution in [0.25, 0.3) is 6.08 Å². The molecule has 13 nitrogen and oxygen atoms in total. The number of ether oxygens (including phenoxy) is 2. The lowest BCUT2D eigenvalue weighted by atomic mass is 10.0. The summed E-state index contributed by atoms with van der Waals surface area (Å²) < 4.78 is 10.4. The second-order valence-electron chi connectivity index (χ2n) is 10.1. The van der Waals surface area contributed by atoms with Crippen LogP contribution in [0.5, 0.6) is 11.5 Å². The highest BCUT2D eigenvalue weighted by molar-refractivity contribution is 5.96. The van der Waals surface area contributed by atoms with E-state index in [9.17, 15) is 29.1 Å². The molecule has 0 aliphatic heterocycles. The van der Waals surface area contributed by atoms with Crippen molar-refractivity contribution >= 4 is 35.7 Å². The van der Waals surface area contributed by atoms with E-state index in [2.05, 4.69) is 26.3 Å². The Morgan fingerprint density at radius 1 is 1.02 bits per heavy atom.